The van der Waals surface area contributed by atoms with Gasteiger partial charge < -0.3 is 9.47 Å². The Hall–Kier alpha value is -7.98. The van der Waals surface area contributed by atoms with Gasteiger partial charge in [-0.2, -0.15) is 0 Å². The molecule has 2 nitrogen and oxygen atoms in total. The molecule has 1 unspecified atom stereocenters. The SMILES string of the molecule is c1ccc(-c2ccc(N(c3ccc4c(c3)c3ccccc3n4-c3ccccc3)c3cccc4c3-c3ccccc3C43c4ccccc4-c4c3ccc3sc5ccccc5c43)cc2)cc1. The van der Waals surface area contributed by atoms with Crippen LogP contribution < -0.4 is 4.90 Å². The smallest absolute Gasteiger partial charge is 0.0726 e. The molecular formula is C61H38N2S. The van der Waals surface area contributed by atoms with Crippen LogP contribution in [0.15, 0.2) is 231 Å². The number of hydrogen-bond donors (Lipinski definition) is 0. The first kappa shape index (κ1) is 35.6. The lowest BCUT2D eigenvalue weighted by atomic mass is 9.70. The summed E-state index contributed by atoms with van der Waals surface area (Å²) in [5.41, 5.74) is 19.4. The van der Waals surface area contributed by atoms with Crippen molar-refractivity contribution >= 4 is 70.4 Å². The summed E-state index contributed by atoms with van der Waals surface area (Å²) in [5, 5.41) is 5.16. The summed E-state index contributed by atoms with van der Waals surface area (Å²) in [6.07, 6.45) is 0. The van der Waals surface area contributed by atoms with Crippen LogP contribution in [0.5, 0.6) is 0 Å². The number of fused-ring (bicyclic) bond motifs is 17. The predicted molar refractivity (Wildman–Crippen MR) is 270 cm³/mol. The van der Waals surface area contributed by atoms with Crippen molar-refractivity contribution in [1.82, 2.24) is 4.57 Å². The van der Waals surface area contributed by atoms with Crippen LogP contribution in [0.25, 0.3) is 81.0 Å². The molecule has 14 rings (SSSR count). The number of hydrogen-bond acceptors (Lipinski definition) is 2. The Labute approximate surface area is 375 Å². The van der Waals surface area contributed by atoms with Crippen molar-refractivity contribution in [3.63, 3.8) is 0 Å². The van der Waals surface area contributed by atoms with E-state index in [1.165, 1.54) is 97.6 Å². The summed E-state index contributed by atoms with van der Waals surface area (Å²) >= 11 is 1.90. The Balaban J connectivity index is 1.05. The van der Waals surface area contributed by atoms with E-state index < -0.39 is 5.41 Å². The number of thiophene rings is 1. The van der Waals surface area contributed by atoms with Gasteiger partial charge in [0.25, 0.3) is 0 Å². The molecule has 0 bridgehead atoms. The number of benzene rings is 10. The van der Waals surface area contributed by atoms with Gasteiger partial charge in [0.2, 0.25) is 0 Å². The third-order valence-electron chi connectivity index (χ3n) is 14.0. The maximum absolute atomic E-state index is 2.51. The second kappa shape index (κ2) is 13.5. The number of anilines is 3. The average molecular weight is 831 g/mol. The van der Waals surface area contributed by atoms with Crippen LogP contribution in [0.2, 0.25) is 0 Å². The van der Waals surface area contributed by atoms with Crippen LogP contribution in [0, 0.1) is 0 Å². The van der Waals surface area contributed by atoms with Gasteiger partial charge in [0.15, 0.2) is 0 Å². The summed E-state index contributed by atoms with van der Waals surface area (Å²) in [7, 11) is 0. The summed E-state index contributed by atoms with van der Waals surface area (Å²) in [6.45, 7) is 0. The summed E-state index contributed by atoms with van der Waals surface area (Å²) in [5.74, 6) is 0. The maximum Gasteiger partial charge on any atom is 0.0726 e. The van der Waals surface area contributed by atoms with E-state index in [9.17, 15) is 0 Å². The number of para-hydroxylation sites is 2. The molecule has 0 saturated heterocycles. The highest BCUT2D eigenvalue weighted by atomic mass is 32.1. The average Bonchev–Trinajstić information content (AvgIpc) is 4.09. The van der Waals surface area contributed by atoms with Gasteiger partial charge in [-0.15, -0.1) is 11.3 Å². The zero-order chi connectivity index (χ0) is 41.9. The Morgan fingerprint density at radius 1 is 0.375 bits per heavy atom. The Morgan fingerprint density at radius 2 is 0.969 bits per heavy atom. The third kappa shape index (κ3) is 4.79. The molecular weight excluding hydrogens is 793 g/mol. The van der Waals surface area contributed by atoms with E-state index in [-0.39, 0.29) is 0 Å². The van der Waals surface area contributed by atoms with Crippen LogP contribution in [-0.2, 0) is 5.41 Å². The van der Waals surface area contributed by atoms with E-state index in [1.54, 1.807) is 0 Å². The maximum atomic E-state index is 2.51. The summed E-state index contributed by atoms with van der Waals surface area (Å²) < 4.78 is 5.06. The lowest BCUT2D eigenvalue weighted by Crippen LogP contribution is -2.26. The monoisotopic (exact) mass is 830 g/mol. The molecule has 0 aliphatic heterocycles. The summed E-state index contributed by atoms with van der Waals surface area (Å²) in [4.78, 5) is 2.51. The molecule has 0 fully saturated rings. The fourth-order valence-electron chi connectivity index (χ4n) is 11.5. The Kier molecular flexibility index (Phi) is 7.51. The number of aromatic nitrogens is 1. The van der Waals surface area contributed by atoms with Gasteiger partial charge in [0, 0.05) is 53.6 Å². The molecule has 2 aliphatic rings. The van der Waals surface area contributed by atoms with Crippen molar-refractivity contribution in [3.05, 3.63) is 253 Å². The molecule has 0 amide bonds. The second-order valence-electron chi connectivity index (χ2n) is 17.1. The highest BCUT2D eigenvalue weighted by molar-refractivity contribution is 7.26. The molecule has 1 spiro atoms. The van der Waals surface area contributed by atoms with Crippen molar-refractivity contribution in [2.75, 3.05) is 4.90 Å². The molecule has 1 atom stereocenters. The molecule has 3 heteroatoms. The second-order valence-corrected chi connectivity index (χ2v) is 18.2. The zero-order valence-corrected chi connectivity index (χ0v) is 35.6. The van der Waals surface area contributed by atoms with Crippen LogP contribution in [0.4, 0.5) is 17.1 Å². The van der Waals surface area contributed by atoms with E-state index in [0.29, 0.717) is 0 Å². The molecule has 10 aromatic carbocycles. The first-order valence-electron chi connectivity index (χ1n) is 22.1. The van der Waals surface area contributed by atoms with Crippen molar-refractivity contribution in [3.8, 4) is 39.1 Å². The van der Waals surface area contributed by atoms with Gasteiger partial charge in [0.1, 0.15) is 0 Å². The van der Waals surface area contributed by atoms with Crippen molar-refractivity contribution in [1.29, 1.82) is 0 Å². The fraction of sp³-hybridized carbons (Fsp3) is 0.0164. The molecule has 0 N–H and O–H groups in total. The van der Waals surface area contributed by atoms with Crippen LogP contribution in [-0.4, -0.2) is 4.57 Å². The largest absolute Gasteiger partial charge is 0.310 e. The first-order valence-corrected chi connectivity index (χ1v) is 22.9. The molecule has 2 aromatic heterocycles. The van der Waals surface area contributed by atoms with Crippen LogP contribution in [0.1, 0.15) is 22.3 Å². The lowest BCUT2D eigenvalue weighted by molar-refractivity contribution is 0.794. The van der Waals surface area contributed by atoms with Gasteiger partial charge >= 0.3 is 0 Å². The minimum absolute atomic E-state index is 0.499. The number of rotatable bonds is 5. The lowest BCUT2D eigenvalue weighted by Gasteiger charge is -2.32. The zero-order valence-electron chi connectivity index (χ0n) is 34.7. The van der Waals surface area contributed by atoms with E-state index in [2.05, 4.69) is 240 Å². The van der Waals surface area contributed by atoms with Crippen LogP contribution in [0.3, 0.4) is 0 Å². The van der Waals surface area contributed by atoms with Gasteiger partial charge in [-0.25, -0.2) is 0 Å². The predicted octanol–water partition coefficient (Wildman–Crippen LogP) is 16.6. The van der Waals surface area contributed by atoms with Crippen molar-refractivity contribution in [2.24, 2.45) is 0 Å². The minimum Gasteiger partial charge on any atom is -0.310 e. The molecule has 2 heterocycles. The highest BCUT2D eigenvalue weighted by Gasteiger charge is 2.53. The standard InChI is InChI=1S/C61H38N2S/c1-3-16-39(17-4-1)40-30-32-42(33-31-40)62(43-34-36-54-48(38-43)44-20-9-13-27-53(44)63(54)41-18-5-2-6-19-41)55-28-15-26-51-58(55)45-21-7-11-24-49(45)61(51)50-25-12-8-22-46(50)59-52(61)35-37-57-60(59)47-23-10-14-29-56(47)64-57/h1-38H. The highest BCUT2D eigenvalue weighted by Crippen LogP contribution is 2.66. The van der Waals surface area contributed by atoms with Crippen molar-refractivity contribution < 1.29 is 0 Å². The van der Waals surface area contributed by atoms with Gasteiger partial charge in [-0.1, -0.05) is 164 Å². The van der Waals surface area contributed by atoms with E-state index in [0.717, 1.165) is 22.7 Å². The molecule has 64 heavy (non-hydrogen) atoms. The van der Waals surface area contributed by atoms with E-state index in [4.69, 9.17) is 0 Å². The van der Waals surface area contributed by atoms with E-state index in [1.807, 2.05) is 11.3 Å². The van der Waals surface area contributed by atoms with Crippen LogP contribution >= 0.6 is 11.3 Å². The summed E-state index contributed by atoms with van der Waals surface area (Å²) in [6, 6.07) is 85.7. The van der Waals surface area contributed by atoms with Gasteiger partial charge in [-0.3, -0.25) is 0 Å². The minimum atomic E-state index is -0.499. The van der Waals surface area contributed by atoms with E-state index >= 15 is 0 Å². The Bertz CT molecular complexity index is 3840. The molecule has 12 aromatic rings. The normalized spacial score (nSPS) is 14.6. The topological polar surface area (TPSA) is 8.17 Å². The molecule has 298 valence electrons. The fourth-order valence-corrected chi connectivity index (χ4v) is 12.6. The molecule has 2 aliphatic carbocycles. The Morgan fingerprint density at radius 3 is 1.77 bits per heavy atom. The first-order chi connectivity index (χ1) is 31.8. The quantitative estimate of drug-likeness (QED) is 0.168. The third-order valence-corrected chi connectivity index (χ3v) is 15.1. The van der Waals surface area contributed by atoms with Gasteiger partial charge in [0.05, 0.1) is 22.1 Å². The molecule has 0 radical (unpaired) electrons. The van der Waals surface area contributed by atoms with Gasteiger partial charge in [-0.05, 0) is 117 Å². The number of nitrogens with zero attached hydrogens (tertiary/aromatic N) is 2. The molecule has 0 saturated carbocycles. The van der Waals surface area contributed by atoms with Crippen molar-refractivity contribution in [2.45, 2.75) is 5.41 Å².